The first kappa shape index (κ1) is 14.1. The van der Waals surface area contributed by atoms with Gasteiger partial charge in [0.2, 0.25) is 0 Å². The molecule has 0 amide bonds. The van der Waals surface area contributed by atoms with Crippen molar-refractivity contribution in [3.8, 4) is 0 Å². The predicted molar refractivity (Wildman–Crippen MR) is 79.9 cm³/mol. The minimum Gasteiger partial charge on any atom is -0.370 e. The number of anilines is 2. The van der Waals surface area contributed by atoms with E-state index in [-0.39, 0.29) is 0 Å². The van der Waals surface area contributed by atoms with Crippen LogP contribution < -0.4 is 10.2 Å². The SMILES string of the molecule is CCCc1nc(NCC)cc(N2CCN(C)CC2)n1. The minimum atomic E-state index is 0.894. The van der Waals surface area contributed by atoms with E-state index >= 15 is 0 Å². The molecule has 0 aliphatic carbocycles. The first-order valence-electron chi connectivity index (χ1n) is 7.28. The van der Waals surface area contributed by atoms with E-state index in [0.29, 0.717) is 0 Å². The third-order valence-corrected chi connectivity index (χ3v) is 3.42. The highest BCUT2D eigenvalue weighted by molar-refractivity contribution is 5.49. The van der Waals surface area contributed by atoms with Gasteiger partial charge < -0.3 is 15.1 Å². The summed E-state index contributed by atoms with van der Waals surface area (Å²) in [6, 6.07) is 2.08. The van der Waals surface area contributed by atoms with Crippen molar-refractivity contribution in [1.29, 1.82) is 0 Å². The Morgan fingerprint density at radius 1 is 1.16 bits per heavy atom. The second kappa shape index (κ2) is 6.70. The number of rotatable bonds is 5. The molecule has 1 aromatic rings. The summed E-state index contributed by atoms with van der Waals surface area (Å²) < 4.78 is 0. The molecule has 1 N–H and O–H groups in total. The molecule has 0 aromatic carbocycles. The molecule has 1 aliphatic rings. The molecule has 0 spiro atoms. The Labute approximate surface area is 116 Å². The highest BCUT2D eigenvalue weighted by Gasteiger charge is 2.16. The van der Waals surface area contributed by atoms with Gasteiger partial charge in [0.15, 0.2) is 0 Å². The van der Waals surface area contributed by atoms with Crippen LogP contribution in [-0.2, 0) is 6.42 Å². The van der Waals surface area contributed by atoms with Crippen molar-refractivity contribution in [2.75, 3.05) is 50.0 Å². The van der Waals surface area contributed by atoms with Crippen LogP contribution in [0.3, 0.4) is 0 Å². The van der Waals surface area contributed by atoms with Crippen molar-refractivity contribution >= 4 is 11.6 Å². The van der Waals surface area contributed by atoms with Gasteiger partial charge >= 0.3 is 0 Å². The Hall–Kier alpha value is -1.36. The highest BCUT2D eigenvalue weighted by Crippen LogP contribution is 2.18. The molecular weight excluding hydrogens is 238 g/mol. The Balaban J connectivity index is 2.17. The Kier molecular flexibility index (Phi) is 4.96. The molecule has 1 aliphatic heterocycles. The summed E-state index contributed by atoms with van der Waals surface area (Å²) in [4.78, 5) is 14.0. The van der Waals surface area contributed by atoms with E-state index in [9.17, 15) is 0 Å². The molecule has 0 bridgehead atoms. The van der Waals surface area contributed by atoms with E-state index in [1.165, 1.54) is 0 Å². The summed E-state index contributed by atoms with van der Waals surface area (Å²) in [5.74, 6) is 2.98. The number of nitrogens with one attached hydrogen (secondary N) is 1. The summed E-state index contributed by atoms with van der Waals surface area (Å²) in [5.41, 5.74) is 0. The Morgan fingerprint density at radius 3 is 2.53 bits per heavy atom. The molecular formula is C14H25N5. The van der Waals surface area contributed by atoms with Gasteiger partial charge in [0.25, 0.3) is 0 Å². The fourth-order valence-corrected chi connectivity index (χ4v) is 2.29. The average Bonchev–Trinajstić information content (AvgIpc) is 2.40. The van der Waals surface area contributed by atoms with Gasteiger partial charge in [-0.05, 0) is 20.4 Å². The number of hydrogen-bond donors (Lipinski definition) is 1. The van der Waals surface area contributed by atoms with E-state index in [1.807, 2.05) is 0 Å². The smallest absolute Gasteiger partial charge is 0.134 e. The van der Waals surface area contributed by atoms with Crippen molar-refractivity contribution < 1.29 is 0 Å². The molecule has 106 valence electrons. The topological polar surface area (TPSA) is 44.3 Å². The maximum atomic E-state index is 4.71. The lowest BCUT2D eigenvalue weighted by molar-refractivity contribution is 0.312. The number of hydrogen-bond acceptors (Lipinski definition) is 5. The van der Waals surface area contributed by atoms with Crippen LogP contribution in [0.1, 0.15) is 26.1 Å². The van der Waals surface area contributed by atoms with Crippen LogP contribution in [-0.4, -0.2) is 54.6 Å². The van der Waals surface area contributed by atoms with E-state index < -0.39 is 0 Å². The zero-order valence-corrected chi connectivity index (χ0v) is 12.3. The van der Waals surface area contributed by atoms with E-state index in [2.05, 4.69) is 47.1 Å². The third-order valence-electron chi connectivity index (χ3n) is 3.42. The van der Waals surface area contributed by atoms with Crippen LogP contribution in [0, 0.1) is 0 Å². The van der Waals surface area contributed by atoms with Gasteiger partial charge in [-0.25, -0.2) is 9.97 Å². The van der Waals surface area contributed by atoms with Gasteiger partial charge in [-0.1, -0.05) is 6.92 Å². The molecule has 1 aromatic heterocycles. The van der Waals surface area contributed by atoms with Crippen LogP contribution in [0.2, 0.25) is 0 Å². The molecule has 0 atom stereocenters. The minimum absolute atomic E-state index is 0.894. The molecule has 2 heterocycles. The number of nitrogens with zero attached hydrogens (tertiary/aromatic N) is 4. The molecule has 19 heavy (non-hydrogen) atoms. The zero-order chi connectivity index (χ0) is 13.7. The molecule has 1 saturated heterocycles. The monoisotopic (exact) mass is 263 g/mol. The third kappa shape index (κ3) is 3.80. The van der Waals surface area contributed by atoms with Gasteiger partial charge in [-0.2, -0.15) is 0 Å². The van der Waals surface area contributed by atoms with Crippen molar-refractivity contribution in [3.63, 3.8) is 0 Å². The summed E-state index contributed by atoms with van der Waals surface area (Å²) in [7, 11) is 2.17. The first-order chi connectivity index (χ1) is 9.22. The van der Waals surface area contributed by atoms with Crippen LogP contribution in [0.5, 0.6) is 0 Å². The van der Waals surface area contributed by atoms with Gasteiger partial charge in [-0.3, -0.25) is 0 Å². The summed E-state index contributed by atoms with van der Waals surface area (Å²) in [5, 5.41) is 3.31. The lowest BCUT2D eigenvalue weighted by Gasteiger charge is -2.33. The predicted octanol–water partition coefficient (Wildman–Crippen LogP) is 1.61. The van der Waals surface area contributed by atoms with Crippen LogP contribution >= 0.6 is 0 Å². The van der Waals surface area contributed by atoms with Crippen molar-refractivity contribution in [2.45, 2.75) is 26.7 Å². The van der Waals surface area contributed by atoms with Gasteiger partial charge in [0.05, 0.1) is 0 Å². The molecule has 1 fully saturated rings. The average molecular weight is 263 g/mol. The number of likely N-dealkylation sites (N-methyl/N-ethyl adjacent to an activating group) is 1. The van der Waals surface area contributed by atoms with Crippen molar-refractivity contribution in [2.24, 2.45) is 0 Å². The van der Waals surface area contributed by atoms with Gasteiger partial charge in [-0.15, -0.1) is 0 Å². The lowest BCUT2D eigenvalue weighted by Crippen LogP contribution is -2.45. The molecule has 0 radical (unpaired) electrons. The van der Waals surface area contributed by atoms with Crippen LogP contribution in [0.15, 0.2) is 6.07 Å². The normalized spacial score (nSPS) is 16.7. The molecule has 2 rings (SSSR count). The highest BCUT2D eigenvalue weighted by atomic mass is 15.3. The maximum absolute atomic E-state index is 4.71. The number of piperazine rings is 1. The van der Waals surface area contributed by atoms with Crippen LogP contribution in [0.25, 0.3) is 0 Å². The lowest BCUT2D eigenvalue weighted by atomic mass is 10.3. The Morgan fingerprint density at radius 2 is 1.89 bits per heavy atom. The number of aryl methyl sites for hydroxylation is 1. The largest absolute Gasteiger partial charge is 0.370 e. The second-order valence-electron chi connectivity index (χ2n) is 5.10. The number of aromatic nitrogens is 2. The second-order valence-corrected chi connectivity index (χ2v) is 5.10. The maximum Gasteiger partial charge on any atom is 0.134 e. The van der Waals surface area contributed by atoms with Gasteiger partial charge in [0.1, 0.15) is 17.5 Å². The fourth-order valence-electron chi connectivity index (χ4n) is 2.29. The molecule has 5 nitrogen and oxygen atoms in total. The standard InChI is InChI=1S/C14H25N5/c1-4-6-12-16-13(15-5-2)11-14(17-12)19-9-7-18(3)8-10-19/h11H,4-10H2,1-3H3,(H,15,16,17). The van der Waals surface area contributed by atoms with Gasteiger partial charge in [0, 0.05) is 45.2 Å². The van der Waals surface area contributed by atoms with E-state index in [4.69, 9.17) is 4.98 Å². The fraction of sp³-hybridized carbons (Fsp3) is 0.714. The quantitative estimate of drug-likeness (QED) is 0.874. The molecule has 0 unspecified atom stereocenters. The summed E-state index contributed by atoms with van der Waals surface area (Å²) >= 11 is 0. The summed E-state index contributed by atoms with van der Waals surface area (Å²) in [6.45, 7) is 9.45. The molecule has 0 saturated carbocycles. The van der Waals surface area contributed by atoms with Crippen molar-refractivity contribution in [3.05, 3.63) is 11.9 Å². The van der Waals surface area contributed by atoms with E-state index in [0.717, 1.165) is 63.0 Å². The van der Waals surface area contributed by atoms with E-state index in [1.54, 1.807) is 0 Å². The first-order valence-corrected chi connectivity index (χ1v) is 7.28. The summed E-state index contributed by atoms with van der Waals surface area (Å²) in [6.07, 6.45) is 2.03. The Bertz CT molecular complexity index is 375. The van der Waals surface area contributed by atoms with Crippen LogP contribution in [0.4, 0.5) is 11.6 Å². The van der Waals surface area contributed by atoms with Crippen molar-refractivity contribution in [1.82, 2.24) is 14.9 Å². The molecule has 5 heteroatoms. The zero-order valence-electron chi connectivity index (χ0n) is 12.3.